The number of nitrogens with zero attached hydrogens (tertiary/aromatic N) is 3. The van der Waals surface area contributed by atoms with Gasteiger partial charge in [0.05, 0.1) is 12.7 Å². The third kappa shape index (κ3) is 5.59. The molecule has 0 aliphatic rings. The first-order valence-corrected chi connectivity index (χ1v) is 11.3. The minimum Gasteiger partial charge on any atom is -0.496 e. The Morgan fingerprint density at radius 3 is 2.70 bits per heavy atom. The lowest BCUT2D eigenvalue weighted by Gasteiger charge is -2.14. The molecule has 0 aliphatic carbocycles. The maximum Gasteiger partial charge on any atom is 0.261 e. The van der Waals surface area contributed by atoms with E-state index in [4.69, 9.17) is 17.0 Å². The lowest BCUT2D eigenvalue weighted by Crippen LogP contribution is -2.39. The summed E-state index contributed by atoms with van der Waals surface area (Å²) < 4.78 is 7.73. The molecule has 0 fully saturated rings. The topological polar surface area (TPSA) is 81.1 Å². The normalized spacial score (nSPS) is 10.5. The smallest absolute Gasteiger partial charge is 0.261 e. The first-order valence-electron chi connectivity index (χ1n) is 9.08. The monoisotopic (exact) mass is 505 g/mol. The van der Waals surface area contributed by atoms with Gasteiger partial charge in [0.15, 0.2) is 10.9 Å². The Morgan fingerprint density at radius 2 is 2.00 bits per heavy atom. The molecule has 1 aromatic heterocycles. The van der Waals surface area contributed by atoms with E-state index in [2.05, 4.69) is 49.0 Å². The van der Waals surface area contributed by atoms with Crippen LogP contribution in [-0.2, 0) is 12.2 Å². The van der Waals surface area contributed by atoms with Gasteiger partial charge in [-0.25, -0.2) is 4.68 Å². The lowest BCUT2D eigenvalue weighted by atomic mass is 10.2. The molecule has 1 heterocycles. The second-order valence-electron chi connectivity index (χ2n) is 6.10. The first-order chi connectivity index (χ1) is 14.5. The fraction of sp³-hybridized carbons (Fsp3) is 0.200. The van der Waals surface area contributed by atoms with Crippen LogP contribution in [0.3, 0.4) is 0 Å². The zero-order valence-electron chi connectivity index (χ0n) is 16.4. The number of thiocarbonyl (C=S) groups is 1. The Kier molecular flexibility index (Phi) is 7.83. The van der Waals surface area contributed by atoms with E-state index >= 15 is 0 Å². The van der Waals surface area contributed by atoms with E-state index in [1.165, 1.54) is 24.4 Å². The van der Waals surface area contributed by atoms with Crippen molar-refractivity contribution in [1.29, 1.82) is 0 Å². The van der Waals surface area contributed by atoms with Crippen molar-refractivity contribution in [2.24, 2.45) is 0 Å². The van der Waals surface area contributed by atoms with Crippen LogP contribution in [0, 0.1) is 0 Å². The number of methoxy groups -OCH3 is 1. The van der Waals surface area contributed by atoms with Crippen LogP contribution in [-0.4, -0.2) is 33.0 Å². The Balaban J connectivity index is 1.71. The highest BCUT2D eigenvalue weighted by atomic mass is 79.9. The molecular formula is C20H20BrN5O2S2. The van der Waals surface area contributed by atoms with Crippen molar-refractivity contribution in [2.45, 2.75) is 24.3 Å². The molecule has 0 aliphatic heterocycles. The molecule has 2 N–H and O–H groups in total. The number of carbonyl (C=O) groups is 1. The molecule has 156 valence electrons. The van der Waals surface area contributed by atoms with E-state index in [-0.39, 0.29) is 11.0 Å². The summed E-state index contributed by atoms with van der Waals surface area (Å²) in [6.45, 7) is 1.97. The van der Waals surface area contributed by atoms with Gasteiger partial charge in [-0.2, -0.15) is 0 Å². The van der Waals surface area contributed by atoms with Gasteiger partial charge in [0.1, 0.15) is 5.75 Å². The number of carbonyl (C=O) groups excluding carboxylic acids is 1. The summed E-state index contributed by atoms with van der Waals surface area (Å²) in [5.74, 6) is 1.52. The van der Waals surface area contributed by atoms with Crippen molar-refractivity contribution >= 4 is 50.9 Å². The highest BCUT2D eigenvalue weighted by Crippen LogP contribution is 2.23. The second kappa shape index (κ2) is 10.6. The second-order valence-corrected chi connectivity index (χ2v) is 8.37. The van der Waals surface area contributed by atoms with Crippen molar-refractivity contribution in [2.75, 3.05) is 12.5 Å². The van der Waals surface area contributed by atoms with Crippen LogP contribution in [0.15, 0.2) is 58.2 Å². The standard InChI is InChI=1S/C20H20BrN5O2S2/c1-3-17-23-24-20(30-12-13-7-5-4-6-8-13)26(17)25-19(29)22-18(27)15-11-14(21)9-10-16(15)28-2/h4-11H,3,12H2,1-2H3,(H2,22,25,27,29). The van der Waals surface area contributed by atoms with Gasteiger partial charge in [0.2, 0.25) is 5.16 Å². The maximum atomic E-state index is 12.7. The molecule has 0 bridgehead atoms. The zero-order valence-corrected chi connectivity index (χ0v) is 19.6. The van der Waals surface area contributed by atoms with Crippen molar-refractivity contribution in [3.63, 3.8) is 0 Å². The molecule has 0 radical (unpaired) electrons. The number of halogens is 1. The van der Waals surface area contributed by atoms with Gasteiger partial charge in [-0.3, -0.25) is 15.5 Å². The van der Waals surface area contributed by atoms with Crippen LogP contribution in [0.1, 0.15) is 28.7 Å². The van der Waals surface area contributed by atoms with Gasteiger partial charge >= 0.3 is 0 Å². The number of thioether (sulfide) groups is 1. The van der Waals surface area contributed by atoms with Crippen LogP contribution in [0.25, 0.3) is 0 Å². The number of rotatable bonds is 7. The van der Waals surface area contributed by atoms with Crippen molar-refractivity contribution < 1.29 is 9.53 Å². The number of hydrogen-bond acceptors (Lipinski definition) is 6. The predicted octanol–water partition coefficient (Wildman–Crippen LogP) is 4.16. The van der Waals surface area contributed by atoms with E-state index in [0.717, 1.165) is 10.2 Å². The molecule has 0 saturated heterocycles. The van der Waals surface area contributed by atoms with Gasteiger partial charge in [-0.05, 0) is 36.0 Å². The minimum absolute atomic E-state index is 0.137. The fourth-order valence-electron chi connectivity index (χ4n) is 2.61. The average Bonchev–Trinajstić information content (AvgIpc) is 3.14. The molecular weight excluding hydrogens is 486 g/mol. The largest absolute Gasteiger partial charge is 0.496 e. The molecule has 0 atom stereocenters. The minimum atomic E-state index is -0.379. The summed E-state index contributed by atoms with van der Waals surface area (Å²) in [5, 5.41) is 11.9. The van der Waals surface area contributed by atoms with Crippen molar-refractivity contribution in [1.82, 2.24) is 20.2 Å². The van der Waals surface area contributed by atoms with E-state index in [9.17, 15) is 4.79 Å². The van der Waals surface area contributed by atoms with Gasteiger partial charge in [0, 0.05) is 16.6 Å². The molecule has 2 aromatic carbocycles. The molecule has 3 aromatic rings. The molecule has 0 unspecified atom stereocenters. The fourth-order valence-corrected chi connectivity index (χ4v) is 4.03. The van der Waals surface area contributed by atoms with E-state index in [0.29, 0.717) is 28.7 Å². The van der Waals surface area contributed by atoms with Crippen LogP contribution in [0.2, 0.25) is 0 Å². The molecule has 3 rings (SSSR count). The summed E-state index contributed by atoms with van der Waals surface area (Å²) in [7, 11) is 1.51. The molecule has 30 heavy (non-hydrogen) atoms. The summed E-state index contributed by atoms with van der Waals surface area (Å²) in [4.78, 5) is 12.7. The molecule has 0 spiro atoms. The van der Waals surface area contributed by atoms with Crippen molar-refractivity contribution in [3.05, 3.63) is 70.0 Å². The molecule has 0 saturated carbocycles. The first kappa shape index (κ1) is 22.3. The number of ether oxygens (including phenoxy) is 1. The number of hydrogen-bond donors (Lipinski definition) is 2. The maximum absolute atomic E-state index is 12.7. The van der Waals surface area contributed by atoms with Crippen LogP contribution < -0.4 is 15.5 Å². The quantitative estimate of drug-likeness (QED) is 0.368. The van der Waals surface area contributed by atoms with Gasteiger partial charge in [-0.15, -0.1) is 10.2 Å². The van der Waals surface area contributed by atoms with Gasteiger partial charge in [-0.1, -0.05) is 64.9 Å². The van der Waals surface area contributed by atoms with Gasteiger partial charge < -0.3 is 4.74 Å². The average molecular weight is 506 g/mol. The molecule has 1 amide bonds. The number of aryl methyl sites for hydroxylation is 1. The zero-order chi connectivity index (χ0) is 21.5. The van der Waals surface area contributed by atoms with Crippen molar-refractivity contribution in [3.8, 4) is 5.75 Å². The molecule has 10 heteroatoms. The third-order valence-corrected chi connectivity index (χ3v) is 5.76. The number of nitrogens with one attached hydrogen (secondary N) is 2. The number of benzene rings is 2. The number of aromatic nitrogens is 3. The Hall–Kier alpha value is -2.43. The number of amides is 1. The van der Waals surface area contributed by atoms with Crippen LogP contribution >= 0.6 is 39.9 Å². The van der Waals surface area contributed by atoms with Crippen LogP contribution in [0.5, 0.6) is 5.75 Å². The Labute approximate surface area is 192 Å². The van der Waals surface area contributed by atoms with Crippen LogP contribution in [0.4, 0.5) is 0 Å². The Bertz CT molecular complexity index is 1040. The highest BCUT2D eigenvalue weighted by Gasteiger charge is 2.17. The molecule has 7 nitrogen and oxygen atoms in total. The van der Waals surface area contributed by atoms with E-state index in [1.54, 1.807) is 22.9 Å². The third-order valence-electron chi connectivity index (χ3n) is 4.07. The van der Waals surface area contributed by atoms with Gasteiger partial charge in [0.25, 0.3) is 5.91 Å². The predicted molar refractivity (Wildman–Crippen MR) is 126 cm³/mol. The SMILES string of the molecule is CCc1nnc(SCc2ccccc2)n1NC(=S)NC(=O)c1cc(Br)ccc1OC. The van der Waals surface area contributed by atoms with E-state index in [1.807, 2.05) is 25.1 Å². The lowest BCUT2D eigenvalue weighted by molar-refractivity contribution is 0.0974. The van der Waals surface area contributed by atoms with E-state index < -0.39 is 0 Å². The summed E-state index contributed by atoms with van der Waals surface area (Å²) in [5.41, 5.74) is 4.56. The summed E-state index contributed by atoms with van der Waals surface area (Å²) >= 11 is 10.3. The highest BCUT2D eigenvalue weighted by molar-refractivity contribution is 9.10. The summed E-state index contributed by atoms with van der Waals surface area (Å²) in [6.07, 6.45) is 0.655. The Morgan fingerprint density at radius 1 is 1.23 bits per heavy atom. The summed E-state index contributed by atoms with van der Waals surface area (Å²) in [6, 6.07) is 15.3.